The molecule has 0 aromatic heterocycles. The van der Waals surface area contributed by atoms with Gasteiger partial charge in [0.15, 0.2) is 0 Å². The Hall–Kier alpha value is -1.26. The molecule has 92 valence electrons. The van der Waals surface area contributed by atoms with Crippen LogP contribution >= 0.6 is 11.6 Å². The van der Waals surface area contributed by atoms with Crippen LogP contribution in [0.3, 0.4) is 0 Å². The second-order valence-electron chi connectivity index (χ2n) is 4.15. The van der Waals surface area contributed by atoms with Crippen LogP contribution in [0.2, 0.25) is 5.02 Å². The van der Waals surface area contributed by atoms with E-state index in [2.05, 4.69) is 5.43 Å². The van der Waals surface area contributed by atoms with Crippen LogP contribution in [0.1, 0.15) is 29.6 Å². The summed E-state index contributed by atoms with van der Waals surface area (Å²) in [5, 5.41) is 11.6. The highest BCUT2D eigenvalue weighted by Gasteiger charge is 2.16. The molecule has 0 atom stereocenters. The normalized spacial score (nSPS) is 16.8. The van der Waals surface area contributed by atoms with Crippen molar-refractivity contribution in [2.45, 2.75) is 19.3 Å². The molecule has 1 fully saturated rings. The van der Waals surface area contributed by atoms with Gasteiger partial charge in [0.1, 0.15) is 5.75 Å². The lowest BCUT2D eigenvalue weighted by Crippen LogP contribution is -2.45. The number of rotatable bonds is 2. The third kappa shape index (κ3) is 3.11. The fraction of sp³-hybridized carbons (Fsp3) is 0.417. The summed E-state index contributed by atoms with van der Waals surface area (Å²) in [5.41, 5.74) is 3.11. The standard InChI is InChI=1S/C12H15ClN2O2/c13-11-5-4-9(16)8-10(11)12(17)14-15-6-2-1-3-7-15/h4-5,8,16H,1-3,6-7H2,(H,14,17). The van der Waals surface area contributed by atoms with Gasteiger partial charge in [0, 0.05) is 13.1 Å². The summed E-state index contributed by atoms with van der Waals surface area (Å²) >= 11 is 5.92. The van der Waals surface area contributed by atoms with Crippen LogP contribution in [0.4, 0.5) is 0 Å². The topological polar surface area (TPSA) is 52.6 Å². The third-order valence-corrected chi connectivity index (χ3v) is 3.14. The summed E-state index contributed by atoms with van der Waals surface area (Å²) in [7, 11) is 0. The van der Waals surface area contributed by atoms with E-state index in [-0.39, 0.29) is 11.7 Å². The summed E-state index contributed by atoms with van der Waals surface area (Å²) in [6.07, 6.45) is 3.39. The number of phenols is 1. The average Bonchev–Trinajstić information content (AvgIpc) is 2.33. The van der Waals surface area contributed by atoms with E-state index in [9.17, 15) is 9.90 Å². The van der Waals surface area contributed by atoms with E-state index in [1.165, 1.54) is 24.6 Å². The lowest BCUT2D eigenvalue weighted by atomic mass is 10.1. The molecule has 1 aromatic carbocycles. The summed E-state index contributed by atoms with van der Waals surface area (Å²) in [6.45, 7) is 1.73. The van der Waals surface area contributed by atoms with Crippen LogP contribution in [0, 0.1) is 0 Å². The molecule has 0 unspecified atom stereocenters. The largest absolute Gasteiger partial charge is 0.508 e. The molecule has 5 heteroatoms. The molecule has 0 saturated carbocycles. The lowest BCUT2D eigenvalue weighted by molar-refractivity contribution is 0.0750. The van der Waals surface area contributed by atoms with Crippen molar-refractivity contribution in [3.63, 3.8) is 0 Å². The Bertz CT molecular complexity index is 417. The molecule has 1 saturated heterocycles. The van der Waals surface area contributed by atoms with Gasteiger partial charge in [0.05, 0.1) is 10.6 Å². The first-order chi connectivity index (χ1) is 8.16. The molecule has 2 rings (SSSR count). The fourth-order valence-corrected chi connectivity index (χ4v) is 2.10. The van der Waals surface area contributed by atoms with Crippen LogP contribution in [0.5, 0.6) is 5.75 Å². The van der Waals surface area contributed by atoms with E-state index in [0.717, 1.165) is 25.9 Å². The van der Waals surface area contributed by atoms with Crippen molar-refractivity contribution >= 4 is 17.5 Å². The van der Waals surface area contributed by atoms with Gasteiger partial charge in [-0.1, -0.05) is 18.0 Å². The Morgan fingerprint density at radius 2 is 2.00 bits per heavy atom. The number of nitrogens with one attached hydrogen (secondary N) is 1. The van der Waals surface area contributed by atoms with E-state index in [1.807, 2.05) is 5.01 Å². The van der Waals surface area contributed by atoms with E-state index >= 15 is 0 Å². The van der Waals surface area contributed by atoms with E-state index < -0.39 is 0 Å². The van der Waals surface area contributed by atoms with Gasteiger partial charge in [-0.2, -0.15) is 0 Å². The molecular weight excluding hydrogens is 240 g/mol. The van der Waals surface area contributed by atoms with Gasteiger partial charge in [-0.05, 0) is 31.0 Å². The molecule has 17 heavy (non-hydrogen) atoms. The highest BCUT2D eigenvalue weighted by Crippen LogP contribution is 2.21. The van der Waals surface area contributed by atoms with E-state index in [4.69, 9.17) is 11.6 Å². The van der Waals surface area contributed by atoms with E-state index in [1.54, 1.807) is 0 Å². The second kappa shape index (κ2) is 5.38. The van der Waals surface area contributed by atoms with Crippen molar-refractivity contribution < 1.29 is 9.90 Å². The minimum absolute atomic E-state index is 0.0400. The fourth-order valence-electron chi connectivity index (χ4n) is 1.90. The maximum absolute atomic E-state index is 11.9. The molecule has 0 aliphatic carbocycles. The maximum Gasteiger partial charge on any atom is 0.267 e. The Morgan fingerprint density at radius 1 is 1.29 bits per heavy atom. The number of carbonyl (C=O) groups excluding carboxylic acids is 1. The first-order valence-corrected chi connectivity index (χ1v) is 6.09. The number of hydrogen-bond donors (Lipinski definition) is 2. The van der Waals surface area contributed by atoms with Gasteiger partial charge in [-0.3, -0.25) is 10.2 Å². The van der Waals surface area contributed by atoms with Gasteiger partial charge in [-0.25, -0.2) is 5.01 Å². The third-order valence-electron chi connectivity index (χ3n) is 2.81. The van der Waals surface area contributed by atoms with Crippen molar-refractivity contribution in [2.24, 2.45) is 0 Å². The van der Waals surface area contributed by atoms with Crippen LogP contribution in [0.25, 0.3) is 0 Å². The Balaban J connectivity index is 2.05. The summed E-state index contributed by atoms with van der Waals surface area (Å²) in [4.78, 5) is 11.9. The van der Waals surface area contributed by atoms with Crippen LogP contribution in [-0.2, 0) is 0 Å². The number of amides is 1. The Morgan fingerprint density at radius 3 is 2.71 bits per heavy atom. The maximum atomic E-state index is 11.9. The quantitative estimate of drug-likeness (QED) is 0.851. The number of carbonyl (C=O) groups is 1. The van der Waals surface area contributed by atoms with Crippen LogP contribution in [0.15, 0.2) is 18.2 Å². The van der Waals surface area contributed by atoms with Crippen LogP contribution in [-0.4, -0.2) is 29.1 Å². The smallest absolute Gasteiger partial charge is 0.267 e. The molecular formula is C12H15ClN2O2. The van der Waals surface area contributed by atoms with Gasteiger partial charge < -0.3 is 5.11 Å². The number of hydrazine groups is 1. The summed E-state index contributed by atoms with van der Waals surface area (Å²) < 4.78 is 0. The number of nitrogens with zero attached hydrogens (tertiary/aromatic N) is 1. The zero-order chi connectivity index (χ0) is 12.3. The predicted molar refractivity (Wildman–Crippen MR) is 66.0 cm³/mol. The molecule has 1 aliphatic heterocycles. The molecule has 0 bridgehead atoms. The molecule has 0 spiro atoms. The second-order valence-corrected chi connectivity index (χ2v) is 4.56. The highest BCUT2D eigenvalue weighted by molar-refractivity contribution is 6.33. The van der Waals surface area contributed by atoms with E-state index in [0.29, 0.717) is 10.6 Å². The number of piperidine rings is 1. The van der Waals surface area contributed by atoms with Gasteiger partial charge >= 0.3 is 0 Å². The minimum atomic E-state index is -0.271. The predicted octanol–water partition coefficient (Wildman–Crippen LogP) is 2.18. The average molecular weight is 255 g/mol. The Labute approximate surface area is 105 Å². The highest BCUT2D eigenvalue weighted by atomic mass is 35.5. The number of aromatic hydroxyl groups is 1. The Kier molecular flexibility index (Phi) is 3.86. The van der Waals surface area contributed by atoms with Gasteiger partial charge in [0.25, 0.3) is 5.91 Å². The monoisotopic (exact) mass is 254 g/mol. The number of halogens is 1. The van der Waals surface area contributed by atoms with Crippen molar-refractivity contribution in [1.82, 2.24) is 10.4 Å². The molecule has 4 nitrogen and oxygen atoms in total. The van der Waals surface area contributed by atoms with Crippen molar-refractivity contribution in [1.29, 1.82) is 0 Å². The zero-order valence-corrected chi connectivity index (χ0v) is 10.2. The number of hydrogen-bond acceptors (Lipinski definition) is 3. The van der Waals surface area contributed by atoms with Crippen molar-refractivity contribution in [3.05, 3.63) is 28.8 Å². The van der Waals surface area contributed by atoms with Crippen molar-refractivity contribution in [2.75, 3.05) is 13.1 Å². The summed E-state index contributed by atoms with van der Waals surface area (Å²) in [6, 6.07) is 4.35. The number of benzene rings is 1. The molecule has 2 N–H and O–H groups in total. The molecule has 1 aliphatic rings. The first-order valence-electron chi connectivity index (χ1n) is 5.71. The SMILES string of the molecule is O=C(NN1CCCCC1)c1cc(O)ccc1Cl. The number of phenolic OH excluding ortho intramolecular Hbond substituents is 1. The van der Waals surface area contributed by atoms with Crippen molar-refractivity contribution in [3.8, 4) is 5.75 Å². The molecule has 1 aromatic rings. The molecule has 1 heterocycles. The molecule has 0 radical (unpaired) electrons. The summed E-state index contributed by atoms with van der Waals surface area (Å²) in [5.74, 6) is -0.231. The van der Waals surface area contributed by atoms with Gasteiger partial charge in [-0.15, -0.1) is 0 Å². The lowest BCUT2D eigenvalue weighted by Gasteiger charge is -2.26. The minimum Gasteiger partial charge on any atom is -0.508 e. The molecule has 1 amide bonds. The zero-order valence-electron chi connectivity index (χ0n) is 9.45. The first kappa shape index (κ1) is 12.2. The van der Waals surface area contributed by atoms with Crippen LogP contribution < -0.4 is 5.43 Å². The van der Waals surface area contributed by atoms with Gasteiger partial charge in [0.2, 0.25) is 0 Å².